The van der Waals surface area contributed by atoms with Crippen LogP contribution in [0.25, 0.3) is 11.4 Å². The molecule has 0 fully saturated rings. The van der Waals surface area contributed by atoms with Gasteiger partial charge >= 0.3 is 0 Å². The molecule has 2 aromatic rings. The maximum atomic E-state index is 9.20. The lowest BCUT2D eigenvalue weighted by Crippen LogP contribution is -2.07. The standard InChI is InChI=1S/C12H16N4O/c1-9(17)5-6-16-8-14-12(15-16)10-3-2-4-11(13)7-10/h2-4,7-9,17H,5-6,13H2,1H3. The summed E-state index contributed by atoms with van der Waals surface area (Å²) in [5.41, 5.74) is 7.31. The molecule has 5 heteroatoms. The summed E-state index contributed by atoms with van der Waals surface area (Å²) in [6.07, 6.45) is 2.01. The first-order valence-electron chi connectivity index (χ1n) is 5.58. The fourth-order valence-electron chi connectivity index (χ4n) is 1.53. The number of aliphatic hydroxyl groups is 1. The Bertz CT molecular complexity index is 493. The maximum absolute atomic E-state index is 9.20. The van der Waals surface area contributed by atoms with Gasteiger partial charge in [0.1, 0.15) is 6.33 Å². The fraction of sp³-hybridized carbons (Fsp3) is 0.333. The smallest absolute Gasteiger partial charge is 0.181 e. The van der Waals surface area contributed by atoms with Gasteiger partial charge in [-0.1, -0.05) is 12.1 Å². The van der Waals surface area contributed by atoms with Gasteiger partial charge < -0.3 is 10.8 Å². The molecule has 0 saturated heterocycles. The van der Waals surface area contributed by atoms with Crippen LogP contribution in [-0.2, 0) is 6.54 Å². The van der Waals surface area contributed by atoms with Crippen LogP contribution in [0.1, 0.15) is 13.3 Å². The molecule has 1 heterocycles. The van der Waals surface area contributed by atoms with E-state index < -0.39 is 0 Å². The summed E-state index contributed by atoms with van der Waals surface area (Å²) in [6.45, 7) is 2.42. The number of aryl methyl sites for hydroxylation is 1. The summed E-state index contributed by atoms with van der Waals surface area (Å²) >= 11 is 0. The van der Waals surface area contributed by atoms with Crippen molar-refractivity contribution in [2.45, 2.75) is 26.0 Å². The van der Waals surface area contributed by atoms with Gasteiger partial charge in [-0.25, -0.2) is 4.98 Å². The number of nitrogen functional groups attached to an aromatic ring is 1. The van der Waals surface area contributed by atoms with E-state index in [9.17, 15) is 5.11 Å². The summed E-state index contributed by atoms with van der Waals surface area (Å²) in [5.74, 6) is 0.655. The SMILES string of the molecule is CC(O)CCn1cnc(-c2cccc(N)c2)n1. The van der Waals surface area contributed by atoms with Crippen LogP contribution in [0, 0.1) is 0 Å². The predicted molar refractivity (Wildman–Crippen MR) is 66.2 cm³/mol. The quantitative estimate of drug-likeness (QED) is 0.779. The van der Waals surface area contributed by atoms with Gasteiger partial charge in [0, 0.05) is 17.8 Å². The Kier molecular flexibility index (Phi) is 3.39. The monoisotopic (exact) mass is 232 g/mol. The zero-order valence-electron chi connectivity index (χ0n) is 9.74. The van der Waals surface area contributed by atoms with Crippen molar-refractivity contribution in [2.24, 2.45) is 0 Å². The highest BCUT2D eigenvalue weighted by molar-refractivity contribution is 5.60. The molecule has 0 aliphatic rings. The minimum Gasteiger partial charge on any atom is -0.399 e. The molecule has 0 spiro atoms. The number of aliphatic hydroxyl groups excluding tert-OH is 1. The Balaban J connectivity index is 2.12. The summed E-state index contributed by atoms with van der Waals surface area (Å²) in [5, 5.41) is 13.5. The first-order chi connectivity index (χ1) is 8.15. The van der Waals surface area contributed by atoms with E-state index in [2.05, 4.69) is 10.1 Å². The molecule has 3 N–H and O–H groups in total. The molecule has 1 atom stereocenters. The van der Waals surface area contributed by atoms with Crippen molar-refractivity contribution < 1.29 is 5.11 Å². The Hall–Kier alpha value is -1.88. The molecule has 5 nitrogen and oxygen atoms in total. The summed E-state index contributed by atoms with van der Waals surface area (Å²) in [7, 11) is 0. The van der Waals surface area contributed by atoms with Crippen LogP contribution in [0.15, 0.2) is 30.6 Å². The van der Waals surface area contributed by atoms with Crippen LogP contribution >= 0.6 is 0 Å². The van der Waals surface area contributed by atoms with E-state index >= 15 is 0 Å². The number of rotatable bonds is 4. The fourth-order valence-corrected chi connectivity index (χ4v) is 1.53. The van der Waals surface area contributed by atoms with Gasteiger partial charge in [0.25, 0.3) is 0 Å². The van der Waals surface area contributed by atoms with Gasteiger partial charge in [-0.3, -0.25) is 4.68 Å². The maximum Gasteiger partial charge on any atom is 0.181 e. The van der Waals surface area contributed by atoms with Gasteiger partial charge in [-0.15, -0.1) is 0 Å². The zero-order valence-corrected chi connectivity index (χ0v) is 9.74. The molecule has 0 bridgehead atoms. The van der Waals surface area contributed by atoms with Crippen LogP contribution in [-0.4, -0.2) is 26.0 Å². The predicted octanol–water partition coefficient (Wildman–Crippen LogP) is 1.30. The highest BCUT2D eigenvalue weighted by atomic mass is 16.3. The van der Waals surface area contributed by atoms with Crippen molar-refractivity contribution in [1.82, 2.24) is 14.8 Å². The molecule has 0 radical (unpaired) electrons. The minimum absolute atomic E-state index is 0.324. The zero-order chi connectivity index (χ0) is 12.3. The average molecular weight is 232 g/mol. The molecular weight excluding hydrogens is 216 g/mol. The van der Waals surface area contributed by atoms with Crippen molar-refractivity contribution in [3.8, 4) is 11.4 Å². The van der Waals surface area contributed by atoms with Gasteiger partial charge in [0.15, 0.2) is 5.82 Å². The van der Waals surface area contributed by atoms with Gasteiger partial charge in [-0.05, 0) is 25.5 Å². The topological polar surface area (TPSA) is 77.0 Å². The number of benzene rings is 1. The van der Waals surface area contributed by atoms with Gasteiger partial charge in [0.2, 0.25) is 0 Å². The van der Waals surface area contributed by atoms with E-state index in [1.54, 1.807) is 17.9 Å². The summed E-state index contributed by atoms with van der Waals surface area (Å²) in [4.78, 5) is 4.22. The first kappa shape index (κ1) is 11.6. The third kappa shape index (κ3) is 3.04. The molecule has 90 valence electrons. The number of anilines is 1. The lowest BCUT2D eigenvalue weighted by atomic mass is 10.2. The molecule has 17 heavy (non-hydrogen) atoms. The number of nitrogens with two attached hydrogens (primary N) is 1. The lowest BCUT2D eigenvalue weighted by molar-refractivity contribution is 0.176. The third-order valence-corrected chi connectivity index (χ3v) is 2.46. The number of aromatic nitrogens is 3. The van der Waals surface area contributed by atoms with Crippen molar-refractivity contribution in [3.05, 3.63) is 30.6 Å². The van der Waals surface area contributed by atoms with Crippen molar-refractivity contribution in [1.29, 1.82) is 0 Å². The van der Waals surface area contributed by atoms with E-state index in [0.717, 1.165) is 5.56 Å². The second-order valence-corrected chi connectivity index (χ2v) is 4.09. The van der Waals surface area contributed by atoms with E-state index in [1.165, 1.54) is 0 Å². The Labute approximate surface area is 99.9 Å². The number of hydrogen-bond donors (Lipinski definition) is 2. The van der Waals surface area contributed by atoms with E-state index in [0.29, 0.717) is 24.5 Å². The van der Waals surface area contributed by atoms with Crippen molar-refractivity contribution >= 4 is 5.69 Å². The van der Waals surface area contributed by atoms with Crippen LogP contribution in [0.5, 0.6) is 0 Å². The highest BCUT2D eigenvalue weighted by Gasteiger charge is 2.05. The molecule has 0 saturated carbocycles. The van der Waals surface area contributed by atoms with Gasteiger partial charge in [-0.2, -0.15) is 5.10 Å². The second kappa shape index (κ2) is 4.97. The van der Waals surface area contributed by atoms with Gasteiger partial charge in [0.05, 0.1) is 6.10 Å². The largest absolute Gasteiger partial charge is 0.399 e. The number of nitrogens with zero attached hydrogens (tertiary/aromatic N) is 3. The minimum atomic E-state index is -0.324. The highest BCUT2D eigenvalue weighted by Crippen LogP contribution is 2.16. The molecular formula is C12H16N4O. The molecule has 0 aliphatic carbocycles. The lowest BCUT2D eigenvalue weighted by Gasteiger charge is -2.02. The first-order valence-corrected chi connectivity index (χ1v) is 5.58. The normalized spacial score (nSPS) is 12.6. The molecule has 0 aliphatic heterocycles. The molecule has 2 rings (SSSR count). The second-order valence-electron chi connectivity index (χ2n) is 4.09. The summed E-state index contributed by atoms with van der Waals surface area (Å²) in [6, 6.07) is 7.47. The van der Waals surface area contributed by atoms with E-state index in [4.69, 9.17) is 5.73 Å². The van der Waals surface area contributed by atoms with Crippen LogP contribution in [0.2, 0.25) is 0 Å². The Morgan fingerprint density at radius 2 is 2.29 bits per heavy atom. The Morgan fingerprint density at radius 3 is 3.00 bits per heavy atom. The van der Waals surface area contributed by atoms with E-state index in [-0.39, 0.29) is 6.10 Å². The molecule has 1 unspecified atom stereocenters. The van der Waals surface area contributed by atoms with Crippen molar-refractivity contribution in [3.63, 3.8) is 0 Å². The summed E-state index contributed by atoms with van der Waals surface area (Å²) < 4.78 is 1.73. The molecule has 0 amide bonds. The Morgan fingerprint density at radius 1 is 1.47 bits per heavy atom. The number of hydrogen-bond acceptors (Lipinski definition) is 4. The van der Waals surface area contributed by atoms with Crippen LogP contribution in [0.4, 0.5) is 5.69 Å². The van der Waals surface area contributed by atoms with E-state index in [1.807, 2.05) is 24.3 Å². The van der Waals surface area contributed by atoms with Crippen molar-refractivity contribution in [2.75, 3.05) is 5.73 Å². The van der Waals surface area contributed by atoms with Crippen LogP contribution < -0.4 is 5.73 Å². The average Bonchev–Trinajstić information content (AvgIpc) is 2.75. The third-order valence-electron chi connectivity index (χ3n) is 2.46. The van der Waals surface area contributed by atoms with Crippen LogP contribution in [0.3, 0.4) is 0 Å². The molecule has 1 aromatic carbocycles. The molecule has 1 aromatic heterocycles.